The van der Waals surface area contributed by atoms with Crippen molar-refractivity contribution in [2.75, 3.05) is 0 Å². The van der Waals surface area contributed by atoms with Gasteiger partial charge in [-0.25, -0.2) is 19.3 Å². The van der Waals surface area contributed by atoms with Gasteiger partial charge in [0.1, 0.15) is 5.82 Å². The number of fused-ring (bicyclic) bond motifs is 2. The Morgan fingerprint density at radius 2 is 2.04 bits per heavy atom. The summed E-state index contributed by atoms with van der Waals surface area (Å²) in [5.41, 5.74) is 2.27. The minimum atomic E-state index is -0.379. The molecule has 27 heavy (non-hydrogen) atoms. The fraction of sp³-hybridized carbons (Fsp3) is 0.263. The molecular weight excluding hydrogens is 344 g/mol. The highest BCUT2D eigenvalue weighted by Crippen LogP contribution is 2.22. The number of H-pyrrole nitrogens is 2. The van der Waals surface area contributed by atoms with E-state index in [0.717, 1.165) is 23.3 Å². The van der Waals surface area contributed by atoms with Crippen LogP contribution in [0.1, 0.15) is 42.5 Å². The maximum atomic E-state index is 12.8. The number of pyridine rings is 1. The number of benzene rings is 1. The molecule has 3 N–H and O–H groups in total. The highest BCUT2D eigenvalue weighted by molar-refractivity contribution is 5.94. The number of aromatic amines is 2. The first-order valence-electron chi connectivity index (χ1n) is 8.83. The lowest BCUT2D eigenvalue weighted by Gasteiger charge is -2.18. The Balaban J connectivity index is 1.64. The monoisotopic (exact) mass is 364 g/mol. The third-order valence-corrected chi connectivity index (χ3v) is 4.42. The number of carbonyl (C=O) groups excluding carboxylic acids is 1. The van der Waals surface area contributed by atoms with Crippen molar-refractivity contribution in [3.05, 3.63) is 64.5 Å². The molecule has 3 heterocycles. The Morgan fingerprint density at radius 3 is 2.81 bits per heavy atom. The summed E-state index contributed by atoms with van der Waals surface area (Å²) >= 11 is 0. The minimum absolute atomic E-state index is 0.262. The molecule has 0 aliphatic carbocycles. The Bertz CT molecular complexity index is 1140. The van der Waals surface area contributed by atoms with Crippen molar-refractivity contribution in [1.29, 1.82) is 0 Å². The van der Waals surface area contributed by atoms with E-state index >= 15 is 0 Å². The topological polar surface area (TPSA) is 108 Å². The lowest BCUT2D eigenvalue weighted by Crippen LogP contribution is -2.30. The van der Waals surface area contributed by atoms with Crippen LogP contribution < -0.4 is 11.0 Å². The zero-order valence-corrected chi connectivity index (χ0v) is 15.1. The Hall–Kier alpha value is -3.42. The second-order valence-corrected chi connectivity index (χ2v) is 6.97. The van der Waals surface area contributed by atoms with Crippen molar-refractivity contribution < 1.29 is 4.79 Å². The lowest BCUT2D eigenvalue weighted by atomic mass is 10.0. The van der Waals surface area contributed by atoms with Crippen molar-refractivity contribution in [2.24, 2.45) is 5.92 Å². The predicted octanol–water partition coefficient (Wildman–Crippen LogP) is 2.42. The quantitative estimate of drug-likeness (QED) is 0.505. The molecule has 0 spiro atoms. The van der Waals surface area contributed by atoms with E-state index < -0.39 is 0 Å². The number of nitrogens with one attached hydrogen (secondary N) is 3. The van der Waals surface area contributed by atoms with Crippen LogP contribution in [-0.4, -0.2) is 30.5 Å². The zero-order chi connectivity index (χ0) is 19.0. The number of nitrogens with zero attached hydrogens (tertiary/aromatic N) is 3. The Labute approximate surface area is 154 Å². The molecule has 0 radical (unpaired) electrons. The third kappa shape index (κ3) is 3.33. The molecule has 0 aliphatic rings. The van der Waals surface area contributed by atoms with Crippen LogP contribution in [0, 0.1) is 5.92 Å². The molecule has 138 valence electrons. The summed E-state index contributed by atoms with van der Waals surface area (Å²) in [4.78, 5) is 32.5. The van der Waals surface area contributed by atoms with Gasteiger partial charge in [0.2, 0.25) is 0 Å². The van der Waals surface area contributed by atoms with E-state index in [1.54, 1.807) is 12.1 Å². The first-order chi connectivity index (χ1) is 13.0. The van der Waals surface area contributed by atoms with Gasteiger partial charge in [-0.2, -0.15) is 5.10 Å². The van der Waals surface area contributed by atoms with Gasteiger partial charge in [0.25, 0.3) is 5.91 Å². The maximum Gasteiger partial charge on any atom is 0.347 e. The average Bonchev–Trinajstić information content (AvgIpc) is 3.24. The maximum absolute atomic E-state index is 12.8. The molecule has 8 nitrogen and oxygen atoms in total. The number of carbonyl (C=O) groups is 1. The molecule has 4 rings (SSSR count). The number of imidazole rings is 1. The van der Waals surface area contributed by atoms with E-state index in [4.69, 9.17) is 0 Å². The van der Waals surface area contributed by atoms with Crippen LogP contribution in [0.4, 0.5) is 0 Å². The largest absolute Gasteiger partial charge is 0.347 e. The van der Waals surface area contributed by atoms with Gasteiger partial charge in [0.15, 0.2) is 5.65 Å². The van der Waals surface area contributed by atoms with Crippen LogP contribution in [0.25, 0.3) is 16.7 Å². The second kappa shape index (κ2) is 6.71. The van der Waals surface area contributed by atoms with Gasteiger partial charge in [-0.05, 0) is 36.6 Å². The standard InChI is InChI=1S/C19H20N6O2/c1-11(2)9-15(17-20-13-5-3-4-6-14(13)21-17)22-18(26)12-7-8-16-23-24-19(27)25(16)10-12/h3-8,10-11,15H,9H2,1-2H3,(H,20,21)(H,22,26)(H,24,27). The molecule has 3 aromatic heterocycles. The lowest BCUT2D eigenvalue weighted by molar-refractivity contribution is 0.0929. The van der Waals surface area contributed by atoms with E-state index in [1.165, 1.54) is 10.6 Å². The van der Waals surface area contributed by atoms with E-state index in [2.05, 4.69) is 39.3 Å². The molecule has 4 aromatic rings. The van der Waals surface area contributed by atoms with Gasteiger partial charge in [0, 0.05) is 6.20 Å². The molecule has 1 amide bonds. The molecule has 0 fully saturated rings. The summed E-state index contributed by atoms with van der Waals surface area (Å²) in [6.07, 6.45) is 2.22. The van der Waals surface area contributed by atoms with Crippen molar-refractivity contribution in [3.8, 4) is 0 Å². The number of amides is 1. The van der Waals surface area contributed by atoms with E-state index in [9.17, 15) is 9.59 Å². The van der Waals surface area contributed by atoms with Gasteiger partial charge >= 0.3 is 5.69 Å². The second-order valence-electron chi connectivity index (χ2n) is 6.97. The van der Waals surface area contributed by atoms with Gasteiger partial charge in [-0.3, -0.25) is 4.79 Å². The van der Waals surface area contributed by atoms with E-state index in [1.807, 2.05) is 24.3 Å². The first kappa shape index (κ1) is 17.0. The smallest absolute Gasteiger partial charge is 0.342 e. The van der Waals surface area contributed by atoms with Crippen LogP contribution in [0.3, 0.4) is 0 Å². The van der Waals surface area contributed by atoms with Crippen LogP contribution >= 0.6 is 0 Å². The zero-order valence-electron chi connectivity index (χ0n) is 15.1. The summed E-state index contributed by atoms with van der Waals surface area (Å²) in [5.74, 6) is 0.818. The van der Waals surface area contributed by atoms with Crippen molar-refractivity contribution in [2.45, 2.75) is 26.3 Å². The molecule has 0 aliphatic heterocycles. The summed E-state index contributed by atoms with van der Waals surface area (Å²) in [5, 5.41) is 9.27. The highest BCUT2D eigenvalue weighted by Gasteiger charge is 2.21. The number of hydrogen-bond acceptors (Lipinski definition) is 4. The fourth-order valence-corrected chi connectivity index (χ4v) is 3.13. The molecule has 1 aromatic carbocycles. The highest BCUT2D eigenvalue weighted by atomic mass is 16.2. The minimum Gasteiger partial charge on any atom is -0.342 e. The van der Waals surface area contributed by atoms with Gasteiger partial charge in [-0.15, -0.1) is 0 Å². The van der Waals surface area contributed by atoms with Crippen LogP contribution in [0.5, 0.6) is 0 Å². The average molecular weight is 364 g/mol. The van der Waals surface area contributed by atoms with Crippen molar-refractivity contribution in [1.82, 2.24) is 29.9 Å². The third-order valence-electron chi connectivity index (χ3n) is 4.42. The molecule has 0 bridgehead atoms. The van der Waals surface area contributed by atoms with Crippen LogP contribution in [-0.2, 0) is 0 Å². The van der Waals surface area contributed by atoms with Gasteiger partial charge in [0.05, 0.1) is 22.6 Å². The molecule has 8 heteroatoms. The number of hydrogen-bond donors (Lipinski definition) is 3. The molecule has 1 atom stereocenters. The van der Waals surface area contributed by atoms with Crippen molar-refractivity contribution in [3.63, 3.8) is 0 Å². The fourth-order valence-electron chi connectivity index (χ4n) is 3.13. The summed E-state index contributed by atoms with van der Waals surface area (Å²) in [6.45, 7) is 4.19. The Morgan fingerprint density at radius 1 is 1.22 bits per heavy atom. The Kier molecular flexibility index (Phi) is 4.23. The van der Waals surface area contributed by atoms with E-state index in [0.29, 0.717) is 17.1 Å². The summed E-state index contributed by atoms with van der Waals surface area (Å²) in [6, 6.07) is 10.8. The molecule has 0 saturated heterocycles. The summed E-state index contributed by atoms with van der Waals surface area (Å²) in [7, 11) is 0. The van der Waals surface area contributed by atoms with Crippen LogP contribution in [0.15, 0.2) is 47.4 Å². The van der Waals surface area contributed by atoms with Gasteiger partial charge in [-0.1, -0.05) is 26.0 Å². The normalized spacial score (nSPS) is 12.7. The predicted molar refractivity (Wildman–Crippen MR) is 102 cm³/mol. The molecular formula is C19H20N6O2. The molecule has 1 unspecified atom stereocenters. The van der Waals surface area contributed by atoms with Gasteiger partial charge < -0.3 is 10.3 Å². The van der Waals surface area contributed by atoms with Crippen LogP contribution in [0.2, 0.25) is 0 Å². The number of aromatic nitrogens is 5. The van der Waals surface area contributed by atoms with Crippen molar-refractivity contribution >= 4 is 22.6 Å². The molecule has 0 saturated carbocycles. The first-order valence-corrected chi connectivity index (χ1v) is 8.83. The SMILES string of the molecule is CC(C)CC(NC(=O)c1ccc2n[nH]c(=O)n2c1)c1nc2ccccc2[nH]1. The number of para-hydroxylation sites is 2. The number of rotatable bonds is 5. The summed E-state index contributed by atoms with van der Waals surface area (Å²) < 4.78 is 1.31. The van der Waals surface area contributed by atoms with E-state index in [-0.39, 0.29) is 17.6 Å².